The summed E-state index contributed by atoms with van der Waals surface area (Å²) in [4.78, 5) is 22.0. The monoisotopic (exact) mass is 290 g/mol. The van der Waals surface area contributed by atoms with E-state index in [1.165, 1.54) is 13.1 Å². The normalized spacial score (nSPS) is 10.2. The van der Waals surface area contributed by atoms with E-state index in [4.69, 9.17) is 0 Å². The maximum atomic E-state index is 13.9. The van der Waals surface area contributed by atoms with E-state index >= 15 is 0 Å². The van der Waals surface area contributed by atoms with Gasteiger partial charge in [0.1, 0.15) is 5.82 Å². The number of aromatic nitrogens is 2. The standard InChI is InChI=1S/C13H11FN4O3/c1-8-5-10(18(20)21)6-11(12(8)14)13(19)15-7-9-3-2-4-16-17-9/h2-6H,7H2,1H3,(H,15,19). The molecular formula is C13H11FN4O3. The van der Waals surface area contributed by atoms with Crippen LogP contribution in [0.15, 0.2) is 30.5 Å². The minimum Gasteiger partial charge on any atom is -0.346 e. The number of carbonyl (C=O) groups is 1. The molecule has 7 nitrogen and oxygen atoms in total. The Bertz CT molecular complexity index is 691. The lowest BCUT2D eigenvalue weighted by atomic mass is 10.1. The molecule has 0 bridgehead atoms. The fraction of sp³-hybridized carbons (Fsp3) is 0.154. The van der Waals surface area contributed by atoms with E-state index < -0.39 is 16.6 Å². The molecule has 108 valence electrons. The van der Waals surface area contributed by atoms with Crippen LogP contribution in [0.3, 0.4) is 0 Å². The van der Waals surface area contributed by atoms with Gasteiger partial charge in [0, 0.05) is 18.3 Å². The van der Waals surface area contributed by atoms with E-state index in [-0.39, 0.29) is 23.4 Å². The number of nitro groups is 1. The van der Waals surface area contributed by atoms with Crippen molar-refractivity contribution in [3.63, 3.8) is 0 Å². The second-order valence-electron chi connectivity index (χ2n) is 4.28. The highest BCUT2D eigenvalue weighted by Gasteiger charge is 2.19. The van der Waals surface area contributed by atoms with Crippen LogP contribution >= 0.6 is 0 Å². The van der Waals surface area contributed by atoms with Crippen LogP contribution in [0.5, 0.6) is 0 Å². The number of non-ortho nitro benzene ring substituents is 1. The minimum absolute atomic E-state index is 0.0360. The highest BCUT2D eigenvalue weighted by atomic mass is 19.1. The van der Waals surface area contributed by atoms with Crippen molar-refractivity contribution in [1.82, 2.24) is 15.5 Å². The predicted octanol–water partition coefficient (Wildman–Crippen LogP) is 1.76. The van der Waals surface area contributed by atoms with Crippen molar-refractivity contribution in [3.8, 4) is 0 Å². The van der Waals surface area contributed by atoms with Crippen molar-refractivity contribution >= 4 is 11.6 Å². The quantitative estimate of drug-likeness (QED) is 0.683. The van der Waals surface area contributed by atoms with Crippen LogP contribution in [-0.2, 0) is 6.54 Å². The van der Waals surface area contributed by atoms with Crippen LogP contribution in [0.4, 0.5) is 10.1 Å². The molecule has 1 heterocycles. The Balaban J connectivity index is 2.21. The molecule has 0 unspecified atom stereocenters. The topological polar surface area (TPSA) is 98.0 Å². The summed E-state index contributed by atoms with van der Waals surface area (Å²) in [6, 6.07) is 5.28. The zero-order valence-electron chi connectivity index (χ0n) is 11.0. The first-order valence-electron chi connectivity index (χ1n) is 5.98. The van der Waals surface area contributed by atoms with Gasteiger partial charge >= 0.3 is 0 Å². The molecule has 0 aliphatic heterocycles. The van der Waals surface area contributed by atoms with Gasteiger partial charge in [-0.05, 0) is 24.6 Å². The van der Waals surface area contributed by atoms with Gasteiger partial charge in [-0.1, -0.05) is 0 Å². The van der Waals surface area contributed by atoms with Crippen LogP contribution in [-0.4, -0.2) is 21.0 Å². The molecular weight excluding hydrogens is 279 g/mol. The van der Waals surface area contributed by atoms with Crippen molar-refractivity contribution in [3.05, 3.63) is 63.2 Å². The fourth-order valence-electron chi connectivity index (χ4n) is 1.71. The summed E-state index contributed by atoms with van der Waals surface area (Å²) >= 11 is 0. The number of nitrogens with zero attached hydrogens (tertiary/aromatic N) is 3. The SMILES string of the molecule is Cc1cc([N+](=O)[O-])cc(C(=O)NCc2cccnn2)c1F. The van der Waals surface area contributed by atoms with Crippen LogP contribution in [0.1, 0.15) is 21.6 Å². The fourth-order valence-corrected chi connectivity index (χ4v) is 1.71. The van der Waals surface area contributed by atoms with Gasteiger partial charge in [-0.25, -0.2) is 4.39 Å². The number of nitro benzene ring substituents is 1. The maximum Gasteiger partial charge on any atom is 0.270 e. The van der Waals surface area contributed by atoms with Gasteiger partial charge in [0.15, 0.2) is 0 Å². The van der Waals surface area contributed by atoms with E-state index in [1.54, 1.807) is 12.1 Å². The lowest BCUT2D eigenvalue weighted by Gasteiger charge is -2.07. The Morgan fingerprint density at radius 2 is 2.24 bits per heavy atom. The van der Waals surface area contributed by atoms with Crippen LogP contribution in [0.2, 0.25) is 0 Å². The Morgan fingerprint density at radius 1 is 1.48 bits per heavy atom. The molecule has 8 heteroatoms. The van der Waals surface area contributed by atoms with Crippen molar-refractivity contribution in [2.75, 3.05) is 0 Å². The molecule has 0 spiro atoms. The zero-order chi connectivity index (χ0) is 15.4. The second kappa shape index (κ2) is 6.04. The van der Waals surface area contributed by atoms with Crippen LogP contribution < -0.4 is 5.32 Å². The molecule has 0 aliphatic rings. The van der Waals surface area contributed by atoms with E-state index in [9.17, 15) is 19.3 Å². The molecule has 0 saturated heterocycles. The summed E-state index contributed by atoms with van der Waals surface area (Å²) in [5.74, 6) is -1.53. The average Bonchev–Trinajstić information content (AvgIpc) is 2.48. The summed E-state index contributed by atoms with van der Waals surface area (Å²) in [6.07, 6.45) is 1.48. The van der Waals surface area contributed by atoms with Crippen LogP contribution in [0.25, 0.3) is 0 Å². The van der Waals surface area contributed by atoms with Gasteiger partial charge in [-0.15, -0.1) is 0 Å². The van der Waals surface area contributed by atoms with Gasteiger partial charge in [0.25, 0.3) is 11.6 Å². The van der Waals surface area contributed by atoms with Crippen molar-refractivity contribution in [2.24, 2.45) is 0 Å². The van der Waals surface area contributed by atoms with E-state index in [0.29, 0.717) is 5.69 Å². The Hall–Kier alpha value is -2.90. The molecule has 2 aromatic rings. The first kappa shape index (κ1) is 14.5. The molecule has 1 aromatic heterocycles. The molecule has 0 atom stereocenters. The van der Waals surface area contributed by atoms with Crippen molar-refractivity contribution in [1.29, 1.82) is 0 Å². The Kier molecular flexibility index (Phi) is 4.17. The smallest absolute Gasteiger partial charge is 0.270 e. The number of hydrogen-bond acceptors (Lipinski definition) is 5. The number of nitrogens with one attached hydrogen (secondary N) is 1. The number of carbonyl (C=O) groups excluding carboxylic acids is 1. The molecule has 0 fully saturated rings. The van der Waals surface area contributed by atoms with E-state index in [0.717, 1.165) is 12.1 Å². The molecule has 0 radical (unpaired) electrons. The molecule has 0 saturated carbocycles. The Morgan fingerprint density at radius 3 is 2.86 bits per heavy atom. The molecule has 1 aromatic carbocycles. The Labute approximate surface area is 119 Å². The number of amides is 1. The minimum atomic E-state index is -0.780. The maximum absolute atomic E-state index is 13.9. The number of aryl methyl sites for hydroxylation is 1. The summed E-state index contributed by atoms with van der Waals surface area (Å²) < 4.78 is 13.9. The number of halogens is 1. The summed E-state index contributed by atoms with van der Waals surface area (Å²) in [6.45, 7) is 1.41. The average molecular weight is 290 g/mol. The van der Waals surface area contributed by atoms with Crippen LogP contribution in [0, 0.1) is 22.9 Å². The first-order chi connectivity index (χ1) is 9.99. The third-order valence-corrected chi connectivity index (χ3v) is 2.75. The number of hydrogen-bond donors (Lipinski definition) is 1. The predicted molar refractivity (Wildman–Crippen MR) is 71.0 cm³/mol. The van der Waals surface area contributed by atoms with Crippen molar-refractivity contribution in [2.45, 2.75) is 13.5 Å². The van der Waals surface area contributed by atoms with Crippen molar-refractivity contribution < 1.29 is 14.1 Å². The van der Waals surface area contributed by atoms with E-state index in [1.807, 2.05) is 0 Å². The number of benzene rings is 1. The largest absolute Gasteiger partial charge is 0.346 e. The molecule has 21 heavy (non-hydrogen) atoms. The van der Waals surface area contributed by atoms with Gasteiger partial charge < -0.3 is 5.32 Å². The lowest BCUT2D eigenvalue weighted by molar-refractivity contribution is -0.385. The van der Waals surface area contributed by atoms with Gasteiger partial charge in [0.05, 0.1) is 22.7 Å². The van der Waals surface area contributed by atoms with Gasteiger partial charge in [0.2, 0.25) is 0 Å². The first-order valence-corrected chi connectivity index (χ1v) is 5.98. The lowest BCUT2D eigenvalue weighted by Crippen LogP contribution is -2.24. The molecule has 1 amide bonds. The highest BCUT2D eigenvalue weighted by Crippen LogP contribution is 2.21. The molecule has 1 N–H and O–H groups in total. The molecule has 2 rings (SSSR count). The van der Waals surface area contributed by atoms with Gasteiger partial charge in [-0.3, -0.25) is 14.9 Å². The zero-order valence-corrected chi connectivity index (χ0v) is 11.0. The third kappa shape index (κ3) is 3.35. The summed E-state index contributed by atoms with van der Waals surface area (Å²) in [5.41, 5.74) is -0.175. The highest BCUT2D eigenvalue weighted by molar-refractivity contribution is 5.95. The molecule has 0 aliphatic carbocycles. The van der Waals surface area contributed by atoms with Gasteiger partial charge in [-0.2, -0.15) is 10.2 Å². The summed E-state index contributed by atoms with van der Waals surface area (Å²) in [5, 5.41) is 20.6. The second-order valence-corrected chi connectivity index (χ2v) is 4.28. The summed E-state index contributed by atoms with van der Waals surface area (Å²) in [7, 11) is 0. The van der Waals surface area contributed by atoms with E-state index in [2.05, 4.69) is 15.5 Å². The third-order valence-electron chi connectivity index (χ3n) is 2.75. The number of rotatable bonds is 4.